The molecule has 0 heterocycles. The summed E-state index contributed by atoms with van der Waals surface area (Å²) >= 11 is 0. The van der Waals surface area contributed by atoms with Crippen LogP contribution < -0.4 is 0 Å². The lowest BCUT2D eigenvalue weighted by atomic mass is 10.2. The molecule has 0 rings (SSSR count). The van der Waals surface area contributed by atoms with Gasteiger partial charge < -0.3 is 14.9 Å². The summed E-state index contributed by atoms with van der Waals surface area (Å²) in [6, 6.07) is 0.275. The number of urea groups is 1. The molecule has 19 heavy (non-hydrogen) atoms. The van der Waals surface area contributed by atoms with Crippen LogP contribution in [-0.2, 0) is 4.79 Å². The van der Waals surface area contributed by atoms with Crippen molar-refractivity contribution in [2.45, 2.75) is 65.5 Å². The van der Waals surface area contributed by atoms with Gasteiger partial charge in [0.05, 0.1) is 0 Å². The molecule has 112 valence electrons. The molecule has 0 aromatic rings. The summed E-state index contributed by atoms with van der Waals surface area (Å²) in [5.74, 6) is -0.816. The first-order chi connectivity index (χ1) is 8.81. The quantitative estimate of drug-likeness (QED) is 0.739. The Balaban J connectivity index is 4.51. The molecule has 1 atom stereocenters. The predicted octanol–water partition coefficient (Wildman–Crippen LogP) is 2.80. The van der Waals surface area contributed by atoms with E-state index in [9.17, 15) is 9.59 Å². The highest BCUT2D eigenvalue weighted by Gasteiger charge is 2.23. The van der Waals surface area contributed by atoms with Gasteiger partial charge in [-0.25, -0.2) is 4.79 Å². The van der Waals surface area contributed by atoms with Crippen molar-refractivity contribution in [2.75, 3.05) is 13.6 Å². The smallest absolute Gasteiger partial charge is 0.320 e. The van der Waals surface area contributed by atoms with Crippen molar-refractivity contribution in [1.82, 2.24) is 9.80 Å². The second-order valence-electron chi connectivity index (χ2n) is 5.32. The largest absolute Gasteiger partial charge is 0.481 e. The predicted molar refractivity (Wildman–Crippen MR) is 76.2 cm³/mol. The number of carboxylic acids is 1. The van der Waals surface area contributed by atoms with E-state index in [0.717, 1.165) is 12.8 Å². The van der Waals surface area contributed by atoms with Gasteiger partial charge in [0.2, 0.25) is 0 Å². The standard InChI is InChI=1S/C14H28N2O3/c1-6-8-12(4)15(5)14(19)16(11(2)3)10-7-9-13(17)18/h11-12H,6-10H2,1-5H3,(H,17,18). The summed E-state index contributed by atoms with van der Waals surface area (Å²) in [6.07, 6.45) is 2.61. The fourth-order valence-corrected chi connectivity index (χ4v) is 1.98. The molecule has 0 saturated heterocycles. The van der Waals surface area contributed by atoms with Crippen LogP contribution in [0.2, 0.25) is 0 Å². The topological polar surface area (TPSA) is 60.9 Å². The van der Waals surface area contributed by atoms with Crippen LogP contribution in [0.4, 0.5) is 4.79 Å². The number of hydrogen-bond acceptors (Lipinski definition) is 2. The molecule has 1 N–H and O–H groups in total. The minimum Gasteiger partial charge on any atom is -0.481 e. The molecule has 0 radical (unpaired) electrons. The maximum Gasteiger partial charge on any atom is 0.320 e. The molecule has 0 aliphatic heterocycles. The summed E-state index contributed by atoms with van der Waals surface area (Å²) in [6.45, 7) is 8.54. The fraction of sp³-hybridized carbons (Fsp3) is 0.857. The van der Waals surface area contributed by atoms with Gasteiger partial charge in [-0.3, -0.25) is 4.79 Å². The highest BCUT2D eigenvalue weighted by Crippen LogP contribution is 2.11. The number of carbonyl (C=O) groups is 2. The van der Waals surface area contributed by atoms with E-state index < -0.39 is 5.97 Å². The van der Waals surface area contributed by atoms with Gasteiger partial charge in [0.15, 0.2) is 0 Å². The molecule has 0 bridgehead atoms. The Morgan fingerprint density at radius 1 is 1.21 bits per heavy atom. The van der Waals surface area contributed by atoms with Gasteiger partial charge in [-0.05, 0) is 33.6 Å². The number of nitrogens with zero attached hydrogens (tertiary/aromatic N) is 2. The summed E-state index contributed by atoms with van der Waals surface area (Å²) < 4.78 is 0. The van der Waals surface area contributed by atoms with E-state index in [0.29, 0.717) is 13.0 Å². The van der Waals surface area contributed by atoms with Gasteiger partial charge in [0.25, 0.3) is 0 Å². The van der Waals surface area contributed by atoms with E-state index in [-0.39, 0.29) is 24.5 Å². The molecule has 0 aliphatic rings. The molecule has 2 amide bonds. The van der Waals surface area contributed by atoms with Gasteiger partial charge in [-0.2, -0.15) is 0 Å². The van der Waals surface area contributed by atoms with Crippen molar-refractivity contribution in [2.24, 2.45) is 0 Å². The van der Waals surface area contributed by atoms with Crippen LogP contribution in [0, 0.1) is 0 Å². The maximum atomic E-state index is 12.4. The summed E-state index contributed by atoms with van der Waals surface area (Å²) in [4.78, 5) is 26.4. The van der Waals surface area contributed by atoms with Crippen molar-refractivity contribution >= 4 is 12.0 Å². The van der Waals surface area contributed by atoms with Crippen LogP contribution >= 0.6 is 0 Å². The highest BCUT2D eigenvalue weighted by molar-refractivity contribution is 5.75. The zero-order valence-electron chi connectivity index (χ0n) is 12.8. The van der Waals surface area contributed by atoms with Gasteiger partial charge >= 0.3 is 12.0 Å². The molecule has 0 aromatic carbocycles. The molecular formula is C14H28N2O3. The average molecular weight is 272 g/mol. The van der Waals surface area contributed by atoms with Crippen molar-refractivity contribution in [3.05, 3.63) is 0 Å². The van der Waals surface area contributed by atoms with Gasteiger partial charge in [-0.1, -0.05) is 13.3 Å². The SMILES string of the molecule is CCCC(C)N(C)C(=O)N(CCCC(=O)O)C(C)C. The van der Waals surface area contributed by atoms with Crippen LogP contribution in [0.3, 0.4) is 0 Å². The van der Waals surface area contributed by atoms with Crippen LogP contribution in [0.15, 0.2) is 0 Å². The third-order valence-electron chi connectivity index (χ3n) is 3.33. The van der Waals surface area contributed by atoms with E-state index in [2.05, 4.69) is 6.92 Å². The van der Waals surface area contributed by atoms with Crippen LogP contribution in [0.1, 0.15) is 53.4 Å². The highest BCUT2D eigenvalue weighted by atomic mass is 16.4. The Morgan fingerprint density at radius 3 is 2.21 bits per heavy atom. The van der Waals surface area contributed by atoms with E-state index in [1.165, 1.54) is 0 Å². The molecule has 5 nitrogen and oxygen atoms in total. The molecular weight excluding hydrogens is 244 g/mol. The lowest BCUT2D eigenvalue weighted by molar-refractivity contribution is -0.137. The molecule has 0 saturated carbocycles. The number of rotatable bonds is 8. The Morgan fingerprint density at radius 2 is 1.79 bits per heavy atom. The lowest BCUT2D eigenvalue weighted by Crippen LogP contribution is -2.48. The Kier molecular flexibility index (Phi) is 8.19. The number of amides is 2. The van der Waals surface area contributed by atoms with Crippen molar-refractivity contribution in [3.63, 3.8) is 0 Å². The van der Waals surface area contributed by atoms with Gasteiger partial charge in [0, 0.05) is 32.1 Å². The van der Waals surface area contributed by atoms with Crippen molar-refractivity contribution in [1.29, 1.82) is 0 Å². The summed E-state index contributed by atoms with van der Waals surface area (Å²) in [7, 11) is 1.81. The zero-order valence-corrected chi connectivity index (χ0v) is 12.8. The van der Waals surface area contributed by atoms with Gasteiger partial charge in [0.1, 0.15) is 0 Å². The Bertz CT molecular complexity index is 292. The number of carboxylic acid groups (broad SMARTS) is 1. The number of aliphatic carboxylic acids is 1. The molecule has 0 aromatic heterocycles. The molecule has 0 spiro atoms. The molecule has 0 fully saturated rings. The maximum absolute atomic E-state index is 12.4. The molecule has 0 aliphatic carbocycles. The van der Waals surface area contributed by atoms with Crippen molar-refractivity contribution in [3.8, 4) is 0 Å². The third kappa shape index (κ3) is 6.45. The Hall–Kier alpha value is -1.26. The Labute approximate surface area is 116 Å². The first-order valence-electron chi connectivity index (χ1n) is 7.06. The second-order valence-corrected chi connectivity index (χ2v) is 5.32. The third-order valence-corrected chi connectivity index (χ3v) is 3.33. The van der Waals surface area contributed by atoms with E-state index in [1.54, 1.807) is 9.80 Å². The normalized spacial score (nSPS) is 12.3. The van der Waals surface area contributed by atoms with Gasteiger partial charge in [-0.15, -0.1) is 0 Å². The van der Waals surface area contributed by atoms with E-state index >= 15 is 0 Å². The minimum atomic E-state index is -0.816. The van der Waals surface area contributed by atoms with E-state index in [1.807, 2.05) is 27.8 Å². The fourth-order valence-electron chi connectivity index (χ4n) is 1.98. The first kappa shape index (κ1) is 17.7. The summed E-state index contributed by atoms with van der Waals surface area (Å²) in [5, 5.41) is 8.66. The first-order valence-corrected chi connectivity index (χ1v) is 7.06. The monoisotopic (exact) mass is 272 g/mol. The van der Waals surface area contributed by atoms with Crippen molar-refractivity contribution < 1.29 is 14.7 Å². The summed E-state index contributed by atoms with van der Waals surface area (Å²) in [5.41, 5.74) is 0. The van der Waals surface area contributed by atoms with Crippen LogP contribution in [0.5, 0.6) is 0 Å². The van der Waals surface area contributed by atoms with E-state index in [4.69, 9.17) is 5.11 Å². The number of carbonyl (C=O) groups excluding carboxylic acids is 1. The zero-order chi connectivity index (χ0) is 15.0. The minimum absolute atomic E-state index is 0.0126. The average Bonchev–Trinajstić information content (AvgIpc) is 2.32. The lowest BCUT2D eigenvalue weighted by Gasteiger charge is -2.34. The number of hydrogen-bond donors (Lipinski definition) is 1. The second kappa shape index (κ2) is 8.77. The molecule has 5 heteroatoms. The van der Waals surface area contributed by atoms with Crippen LogP contribution in [0.25, 0.3) is 0 Å². The van der Waals surface area contributed by atoms with Crippen LogP contribution in [-0.4, -0.2) is 52.6 Å². The molecule has 1 unspecified atom stereocenters.